The number of hydrogen-bond donors (Lipinski definition) is 1. The highest BCUT2D eigenvalue weighted by Gasteiger charge is 2.11. The van der Waals surface area contributed by atoms with Crippen LogP contribution in [-0.4, -0.2) is 25.2 Å². The Hall–Kier alpha value is -1.23. The summed E-state index contributed by atoms with van der Waals surface area (Å²) in [6.45, 7) is 4.70. The van der Waals surface area contributed by atoms with Gasteiger partial charge < -0.3 is 10.1 Å². The smallest absolute Gasteiger partial charge is 0.123 e. The SMILES string of the molecule is CCCc1nc(-c2ccccc2)sc1CNCCOC. The van der Waals surface area contributed by atoms with E-state index in [0.717, 1.165) is 37.5 Å². The maximum Gasteiger partial charge on any atom is 0.123 e. The van der Waals surface area contributed by atoms with Crippen LogP contribution >= 0.6 is 11.3 Å². The summed E-state index contributed by atoms with van der Waals surface area (Å²) < 4.78 is 5.06. The molecule has 1 aromatic heterocycles. The number of benzene rings is 1. The zero-order chi connectivity index (χ0) is 14.2. The van der Waals surface area contributed by atoms with Gasteiger partial charge >= 0.3 is 0 Å². The second-order valence-corrected chi connectivity index (χ2v) is 5.76. The predicted molar refractivity (Wildman–Crippen MR) is 85.1 cm³/mol. The monoisotopic (exact) mass is 290 g/mol. The molecule has 1 aromatic carbocycles. The fourth-order valence-corrected chi connectivity index (χ4v) is 3.12. The van der Waals surface area contributed by atoms with Crippen LogP contribution < -0.4 is 5.32 Å². The fraction of sp³-hybridized carbons (Fsp3) is 0.438. The van der Waals surface area contributed by atoms with E-state index in [2.05, 4.69) is 36.5 Å². The molecule has 0 fully saturated rings. The Bertz CT molecular complexity index is 510. The normalized spacial score (nSPS) is 10.9. The highest BCUT2D eigenvalue weighted by molar-refractivity contribution is 7.15. The van der Waals surface area contributed by atoms with Crippen molar-refractivity contribution < 1.29 is 4.74 Å². The van der Waals surface area contributed by atoms with Gasteiger partial charge in [-0.25, -0.2) is 4.98 Å². The van der Waals surface area contributed by atoms with Gasteiger partial charge in [-0.05, 0) is 6.42 Å². The first kappa shape index (κ1) is 15.2. The maximum absolute atomic E-state index is 5.06. The van der Waals surface area contributed by atoms with Gasteiger partial charge in [0.2, 0.25) is 0 Å². The summed E-state index contributed by atoms with van der Waals surface area (Å²) in [7, 11) is 1.73. The Labute approximate surface area is 125 Å². The number of thiazole rings is 1. The number of nitrogens with zero attached hydrogens (tertiary/aromatic N) is 1. The summed E-state index contributed by atoms with van der Waals surface area (Å²) in [6.07, 6.45) is 2.17. The van der Waals surface area contributed by atoms with Gasteiger partial charge in [-0.3, -0.25) is 0 Å². The maximum atomic E-state index is 5.06. The molecule has 0 unspecified atom stereocenters. The van der Waals surface area contributed by atoms with E-state index in [1.165, 1.54) is 16.1 Å². The van der Waals surface area contributed by atoms with Crippen LogP contribution in [0, 0.1) is 0 Å². The molecular weight excluding hydrogens is 268 g/mol. The third-order valence-electron chi connectivity index (χ3n) is 3.05. The molecular formula is C16H22N2OS. The Morgan fingerprint density at radius 1 is 1.25 bits per heavy atom. The van der Waals surface area contributed by atoms with Gasteiger partial charge in [0, 0.05) is 30.6 Å². The standard InChI is InChI=1S/C16H22N2OS/c1-3-7-14-15(12-17-10-11-19-2)20-16(18-14)13-8-5-4-6-9-13/h4-6,8-9,17H,3,7,10-12H2,1-2H3. The average molecular weight is 290 g/mol. The molecule has 4 heteroatoms. The van der Waals surface area contributed by atoms with Crippen LogP contribution in [0.25, 0.3) is 10.6 Å². The average Bonchev–Trinajstić information content (AvgIpc) is 2.88. The van der Waals surface area contributed by atoms with E-state index >= 15 is 0 Å². The first-order chi connectivity index (χ1) is 9.85. The van der Waals surface area contributed by atoms with Gasteiger partial charge in [-0.2, -0.15) is 0 Å². The molecule has 0 amide bonds. The van der Waals surface area contributed by atoms with Crippen molar-refractivity contribution in [2.24, 2.45) is 0 Å². The number of hydrogen-bond acceptors (Lipinski definition) is 4. The molecule has 0 atom stereocenters. The Morgan fingerprint density at radius 3 is 2.75 bits per heavy atom. The molecule has 20 heavy (non-hydrogen) atoms. The van der Waals surface area contributed by atoms with Crippen molar-refractivity contribution in [3.63, 3.8) is 0 Å². The highest BCUT2D eigenvalue weighted by Crippen LogP contribution is 2.28. The van der Waals surface area contributed by atoms with Crippen LogP contribution in [0.15, 0.2) is 30.3 Å². The molecule has 0 aliphatic carbocycles. The van der Waals surface area contributed by atoms with E-state index in [0.29, 0.717) is 0 Å². The molecule has 0 spiro atoms. The molecule has 2 aromatic rings. The minimum Gasteiger partial charge on any atom is -0.383 e. The van der Waals surface area contributed by atoms with Gasteiger partial charge in [0.05, 0.1) is 12.3 Å². The van der Waals surface area contributed by atoms with Gasteiger partial charge in [0.15, 0.2) is 0 Å². The van der Waals surface area contributed by atoms with Crippen molar-refractivity contribution in [3.05, 3.63) is 40.9 Å². The lowest BCUT2D eigenvalue weighted by Gasteiger charge is -2.03. The second kappa shape index (κ2) is 8.15. The molecule has 3 nitrogen and oxygen atoms in total. The summed E-state index contributed by atoms with van der Waals surface area (Å²) >= 11 is 1.80. The quantitative estimate of drug-likeness (QED) is 0.756. The highest BCUT2D eigenvalue weighted by atomic mass is 32.1. The van der Waals surface area contributed by atoms with Crippen LogP contribution in [-0.2, 0) is 17.7 Å². The topological polar surface area (TPSA) is 34.2 Å². The third kappa shape index (κ3) is 4.13. The number of aromatic nitrogens is 1. The largest absolute Gasteiger partial charge is 0.383 e. The van der Waals surface area contributed by atoms with Crippen LogP contribution in [0.5, 0.6) is 0 Å². The minimum atomic E-state index is 0.744. The predicted octanol–water partition coefficient (Wildman–Crippen LogP) is 3.50. The van der Waals surface area contributed by atoms with Crippen molar-refractivity contribution in [2.75, 3.05) is 20.3 Å². The minimum absolute atomic E-state index is 0.744. The first-order valence-corrected chi connectivity index (χ1v) is 7.90. The third-order valence-corrected chi connectivity index (χ3v) is 4.20. The van der Waals surface area contributed by atoms with E-state index in [1.54, 1.807) is 18.4 Å². The molecule has 0 aliphatic heterocycles. The van der Waals surface area contributed by atoms with Gasteiger partial charge in [0.1, 0.15) is 5.01 Å². The molecule has 2 rings (SSSR count). The number of nitrogens with one attached hydrogen (secondary N) is 1. The van der Waals surface area contributed by atoms with Crippen molar-refractivity contribution in [1.29, 1.82) is 0 Å². The van der Waals surface area contributed by atoms with E-state index in [1.807, 2.05) is 6.07 Å². The van der Waals surface area contributed by atoms with Crippen molar-refractivity contribution in [1.82, 2.24) is 10.3 Å². The molecule has 1 heterocycles. The number of rotatable bonds is 8. The second-order valence-electron chi connectivity index (χ2n) is 4.67. The summed E-state index contributed by atoms with van der Waals surface area (Å²) in [6, 6.07) is 10.4. The summed E-state index contributed by atoms with van der Waals surface area (Å²) in [5, 5.41) is 4.53. The van der Waals surface area contributed by atoms with Gasteiger partial charge in [-0.1, -0.05) is 43.7 Å². The van der Waals surface area contributed by atoms with Crippen molar-refractivity contribution >= 4 is 11.3 Å². The summed E-state index contributed by atoms with van der Waals surface area (Å²) in [5.41, 5.74) is 2.44. The summed E-state index contributed by atoms with van der Waals surface area (Å²) in [4.78, 5) is 6.17. The van der Waals surface area contributed by atoms with Crippen molar-refractivity contribution in [2.45, 2.75) is 26.3 Å². The van der Waals surface area contributed by atoms with E-state index in [9.17, 15) is 0 Å². The Balaban J connectivity index is 2.11. The lowest BCUT2D eigenvalue weighted by atomic mass is 10.2. The Kier molecular flexibility index (Phi) is 6.18. The number of methoxy groups -OCH3 is 1. The zero-order valence-electron chi connectivity index (χ0n) is 12.2. The molecule has 108 valence electrons. The number of ether oxygens (including phenoxy) is 1. The lowest BCUT2D eigenvalue weighted by Crippen LogP contribution is -2.18. The van der Waals surface area contributed by atoms with E-state index in [-0.39, 0.29) is 0 Å². The molecule has 0 saturated carbocycles. The zero-order valence-corrected chi connectivity index (χ0v) is 13.0. The van der Waals surface area contributed by atoms with Crippen LogP contribution in [0.2, 0.25) is 0 Å². The van der Waals surface area contributed by atoms with Crippen LogP contribution in [0.1, 0.15) is 23.9 Å². The van der Waals surface area contributed by atoms with Crippen LogP contribution in [0.3, 0.4) is 0 Å². The Morgan fingerprint density at radius 2 is 2.05 bits per heavy atom. The molecule has 1 N–H and O–H groups in total. The van der Waals surface area contributed by atoms with Gasteiger partial charge in [-0.15, -0.1) is 11.3 Å². The molecule has 0 saturated heterocycles. The van der Waals surface area contributed by atoms with E-state index in [4.69, 9.17) is 9.72 Å². The summed E-state index contributed by atoms with van der Waals surface area (Å²) in [5.74, 6) is 0. The molecule has 0 radical (unpaired) electrons. The van der Waals surface area contributed by atoms with Crippen molar-refractivity contribution in [3.8, 4) is 10.6 Å². The number of aryl methyl sites for hydroxylation is 1. The van der Waals surface area contributed by atoms with E-state index < -0.39 is 0 Å². The van der Waals surface area contributed by atoms with Crippen LogP contribution in [0.4, 0.5) is 0 Å². The lowest BCUT2D eigenvalue weighted by molar-refractivity contribution is 0.199. The fourth-order valence-electron chi connectivity index (χ4n) is 2.03. The molecule has 0 bridgehead atoms. The molecule has 0 aliphatic rings. The van der Waals surface area contributed by atoms with Gasteiger partial charge in [0.25, 0.3) is 0 Å². The first-order valence-electron chi connectivity index (χ1n) is 7.08.